The molecule has 1 N–H and O–H groups in total. The number of pyridine rings is 1. The quantitative estimate of drug-likeness (QED) is 0.905. The summed E-state index contributed by atoms with van der Waals surface area (Å²) in [6.45, 7) is -0.282. The molecule has 0 aromatic carbocycles. The van der Waals surface area contributed by atoms with E-state index in [1.807, 2.05) is 0 Å². The van der Waals surface area contributed by atoms with E-state index < -0.39 is 18.0 Å². The highest BCUT2D eigenvalue weighted by Crippen LogP contribution is 2.24. The smallest absolute Gasteiger partial charge is 0.284 e. The molecule has 0 unspecified atom stereocenters. The molecule has 2 rings (SSSR count). The molecule has 0 radical (unpaired) electrons. The fourth-order valence-corrected chi connectivity index (χ4v) is 2.11. The molecular formula is C12H11BrF2N4O2. The van der Waals surface area contributed by atoms with E-state index in [4.69, 9.17) is 0 Å². The van der Waals surface area contributed by atoms with Gasteiger partial charge in [-0.25, -0.2) is 8.78 Å². The van der Waals surface area contributed by atoms with Gasteiger partial charge in [-0.15, -0.1) is 0 Å². The van der Waals surface area contributed by atoms with Crippen molar-refractivity contribution in [3.63, 3.8) is 0 Å². The molecule has 0 aliphatic rings. The van der Waals surface area contributed by atoms with Crippen LogP contribution in [0.1, 0.15) is 12.1 Å². The van der Waals surface area contributed by atoms with E-state index in [-0.39, 0.29) is 17.8 Å². The van der Waals surface area contributed by atoms with Gasteiger partial charge in [-0.05, 0) is 22.0 Å². The fraction of sp³-hybridized carbons (Fsp3) is 0.250. The average Bonchev–Trinajstić information content (AvgIpc) is 2.75. The first-order valence-corrected chi connectivity index (χ1v) is 6.63. The van der Waals surface area contributed by atoms with E-state index in [0.717, 1.165) is 4.57 Å². The van der Waals surface area contributed by atoms with Gasteiger partial charge in [0.05, 0.1) is 5.69 Å². The first-order chi connectivity index (χ1) is 9.86. The molecule has 0 bridgehead atoms. The Labute approximate surface area is 126 Å². The lowest BCUT2D eigenvalue weighted by atomic mass is 10.3. The summed E-state index contributed by atoms with van der Waals surface area (Å²) < 4.78 is 28.5. The van der Waals surface area contributed by atoms with Crippen LogP contribution in [-0.2, 0) is 18.4 Å². The summed E-state index contributed by atoms with van der Waals surface area (Å²) in [5.41, 5.74) is -0.943. The zero-order valence-electron chi connectivity index (χ0n) is 10.9. The Hall–Kier alpha value is -2.03. The van der Waals surface area contributed by atoms with Gasteiger partial charge in [0.1, 0.15) is 6.54 Å². The van der Waals surface area contributed by atoms with Crippen LogP contribution in [0.3, 0.4) is 0 Å². The van der Waals surface area contributed by atoms with E-state index in [1.54, 1.807) is 6.07 Å². The molecule has 0 spiro atoms. The van der Waals surface area contributed by atoms with Gasteiger partial charge in [-0.2, -0.15) is 5.10 Å². The molecule has 2 heterocycles. The minimum absolute atomic E-state index is 0.0689. The predicted molar refractivity (Wildman–Crippen MR) is 75.2 cm³/mol. The highest BCUT2D eigenvalue weighted by molar-refractivity contribution is 9.10. The first-order valence-electron chi connectivity index (χ1n) is 5.84. The highest BCUT2D eigenvalue weighted by atomic mass is 79.9. The molecule has 0 fully saturated rings. The number of anilines is 1. The Morgan fingerprint density at radius 2 is 2.14 bits per heavy atom. The second-order valence-electron chi connectivity index (χ2n) is 4.26. The maximum atomic E-state index is 12.7. The standard InChI is InChI=1S/C12H11BrF2N4O2/c1-18-5-8(11(17-18)12(14)15)16-9(20)6-19-4-7(13)2-3-10(19)21/h2-5,12H,6H2,1H3,(H,16,20). The lowest BCUT2D eigenvalue weighted by Gasteiger charge is -2.07. The van der Waals surface area contributed by atoms with Crippen LogP contribution in [0.25, 0.3) is 0 Å². The van der Waals surface area contributed by atoms with Crippen LogP contribution in [0.2, 0.25) is 0 Å². The van der Waals surface area contributed by atoms with Crippen molar-refractivity contribution in [1.29, 1.82) is 0 Å². The van der Waals surface area contributed by atoms with Gasteiger partial charge in [0.15, 0.2) is 5.69 Å². The van der Waals surface area contributed by atoms with Crippen molar-refractivity contribution >= 4 is 27.5 Å². The highest BCUT2D eigenvalue weighted by Gasteiger charge is 2.19. The zero-order chi connectivity index (χ0) is 15.6. The van der Waals surface area contributed by atoms with Gasteiger partial charge in [0.25, 0.3) is 12.0 Å². The molecular weight excluding hydrogens is 350 g/mol. The molecule has 0 saturated heterocycles. The summed E-state index contributed by atoms with van der Waals surface area (Å²) in [4.78, 5) is 23.4. The molecule has 112 valence electrons. The van der Waals surface area contributed by atoms with Gasteiger partial charge >= 0.3 is 0 Å². The SMILES string of the molecule is Cn1cc(NC(=O)Cn2cc(Br)ccc2=O)c(C(F)F)n1. The molecule has 2 aromatic rings. The first kappa shape index (κ1) is 15.4. The minimum Gasteiger partial charge on any atom is -0.321 e. The van der Waals surface area contributed by atoms with Gasteiger partial charge < -0.3 is 9.88 Å². The van der Waals surface area contributed by atoms with Crippen LogP contribution in [0.15, 0.2) is 33.8 Å². The molecule has 0 aliphatic carbocycles. The number of nitrogens with zero attached hydrogens (tertiary/aromatic N) is 3. The summed E-state index contributed by atoms with van der Waals surface area (Å²) in [5, 5.41) is 5.91. The number of alkyl halides is 2. The van der Waals surface area contributed by atoms with Crippen LogP contribution in [-0.4, -0.2) is 20.3 Å². The number of hydrogen-bond donors (Lipinski definition) is 1. The van der Waals surface area contributed by atoms with Crippen molar-refractivity contribution in [1.82, 2.24) is 14.3 Å². The third-order valence-corrected chi connectivity index (χ3v) is 3.07. The lowest BCUT2D eigenvalue weighted by molar-refractivity contribution is -0.116. The lowest BCUT2D eigenvalue weighted by Crippen LogP contribution is -2.26. The van der Waals surface area contributed by atoms with Crippen LogP contribution < -0.4 is 10.9 Å². The Kier molecular flexibility index (Phi) is 4.51. The van der Waals surface area contributed by atoms with Crippen molar-refractivity contribution in [2.45, 2.75) is 13.0 Å². The normalized spacial score (nSPS) is 10.9. The van der Waals surface area contributed by atoms with Gasteiger partial charge in [0, 0.05) is 30.0 Å². The summed E-state index contributed by atoms with van der Waals surface area (Å²) >= 11 is 3.18. The summed E-state index contributed by atoms with van der Waals surface area (Å²) in [5.74, 6) is -0.592. The number of aryl methyl sites for hydroxylation is 1. The average molecular weight is 361 g/mol. The summed E-state index contributed by atoms with van der Waals surface area (Å²) in [7, 11) is 1.47. The molecule has 9 heteroatoms. The topological polar surface area (TPSA) is 68.9 Å². The van der Waals surface area contributed by atoms with Gasteiger partial charge in [-0.3, -0.25) is 14.3 Å². The molecule has 0 aliphatic heterocycles. The third kappa shape index (κ3) is 3.75. The van der Waals surface area contributed by atoms with Crippen LogP contribution in [0, 0.1) is 0 Å². The second kappa shape index (κ2) is 6.17. The molecule has 1 amide bonds. The van der Waals surface area contributed by atoms with E-state index >= 15 is 0 Å². The van der Waals surface area contributed by atoms with Crippen molar-refractivity contribution in [3.05, 3.63) is 45.0 Å². The maximum absolute atomic E-state index is 12.7. The zero-order valence-corrected chi connectivity index (χ0v) is 12.5. The van der Waals surface area contributed by atoms with E-state index in [1.165, 1.54) is 30.2 Å². The van der Waals surface area contributed by atoms with Crippen LogP contribution in [0.4, 0.5) is 14.5 Å². The third-order valence-electron chi connectivity index (χ3n) is 2.60. The number of rotatable bonds is 4. The Bertz CT molecular complexity index is 726. The number of halogens is 3. The largest absolute Gasteiger partial charge is 0.321 e. The summed E-state index contributed by atoms with van der Waals surface area (Å²) in [6.07, 6.45) is -0.0717. The summed E-state index contributed by atoms with van der Waals surface area (Å²) in [6, 6.07) is 2.85. The monoisotopic (exact) mass is 360 g/mol. The molecule has 2 aromatic heterocycles. The number of aromatic nitrogens is 3. The van der Waals surface area contributed by atoms with Crippen molar-refractivity contribution in [2.75, 3.05) is 5.32 Å². The van der Waals surface area contributed by atoms with Crippen molar-refractivity contribution in [3.8, 4) is 0 Å². The van der Waals surface area contributed by atoms with Crippen LogP contribution in [0.5, 0.6) is 0 Å². The van der Waals surface area contributed by atoms with Gasteiger partial charge in [0.2, 0.25) is 5.91 Å². The number of carbonyl (C=O) groups is 1. The number of carbonyl (C=O) groups excluding carboxylic acids is 1. The number of hydrogen-bond acceptors (Lipinski definition) is 3. The molecule has 21 heavy (non-hydrogen) atoms. The molecule has 0 saturated carbocycles. The van der Waals surface area contributed by atoms with Crippen LogP contribution >= 0.6 is 15.9 Å². The van der Waals surface area contributed by atoms with Gasteiger partial charge in [-0.1, -0.05) is 0 Å². The number of nitrogens with one attached hydrogen (secondary N) is 1. The molecule has 6 nitrogen and oxygen atoms in total. The molecule has 0 atom stereocenters. The minimum atomic E-state index is -2.80. The number of amides is 1. The van der Waals surface area contributed by atoms with Crippen molar-refractivity contribution in [2.24, 2.45) is 7.05 Å². The maximum Gasteiger partial charge on any atom is 0.284 e. The van der Waals surface area contributed by atoms with E-state index in [9.17, 15) is 18.4 Å². The second-order valence-corrected chi connectivity index (χ2v) is 5.18. The van der Waals surface area contributed by atoms with E-state index in [2.05, 4.69) is 26.3 Å². The Morgan fingerprint density at radius 3 is 2.81 bits per heavy atom. The predicted octanol–water partition coefficient (Wildman–Crippen LogP) is 1.92. The fourth-order valence-electron chi connectivity index (χ4n) is 1.73. The Balaban J connectivity index is 2.15. The van der Waals surface area contributed by atoms with E-state index in [0.29, 0.717) is 4.47 Å². The van der Waals surface area contributed by atoms with Crippen molar-refractivity contribution < 1.29 is 13.6 Å². The Morgan fingerprint density at radius 1 is 1.43 bits per heavy atom.